The molecule has 1 nitrogen and oxygen atoms in total. The molecule has 0 aliphatic rings. The molecule has 86 valence electrons. The molecular formula is C12H27NS. The molecule has 0 aliphatic carbocycles. The number of hydrogen-bond donors (Lipinski definition) is 1. The summed E-state index contributed by atoms with van der Waals surface area (Å²) in [4.78, 5) is 0. The highest BCUT2D eigenvalue weighted by Crippen LogP contribution is 2.22. The summed E-state index contributed by atoms with van der Waals surface area (Å²) in [6.45, 7) is 7.59. The van der Waals surface area contributed by atoms with Crippen LogP contribution in [0, 0.1) is 5.41 Å². The summed E-state index contributed by atoms with van der Waals surface area (Å²) < 4.78 is 0. The van der Waals surface area contributed by atoms with Gasteiger partial charge in [-0.25, -0.2) is 0 Å². The van der Waals surface area contributed by atoms with Gasteiger partial charge in [0.1, 0.15) is 0 Å². The van der Waals surface area contributed by atoms with Crippen LogP contribution in [-0.2, 0) is 0 Å². The number of thioether (sulfide) groups is 1. The Morgan fingerprint density at radius 3 is 2.29 bits per heavy atom. The number of rotatable bonds is 9. The Morgan fingerprint density at radius 1 is 1.07 bits per heavy atom. The highest BCUT2D eigenvalue weighted by Gasteiger charge is 2.13. The third-order valence-corrected chi connectivity index (χ3v) is 3.74. The second kappa shape index (κ2) is 8.60. The van der Waals surface area contributed by atoms with Crippen LogP contribution in [0.2, 0.25) is 0 Å². The van der Waals surface area contributed by atoms with Gasteiger partial charge in [0.05, 0.1) is 0 Å². The molecule has 0 aromatic heterocycles. The van der Waals surface area contributed by atoms with Crippen LogP contribution in [0.15, 0.2) is 0 Å². The molecule has 0 aromatic rings. The summed E-state index contributed by atoms with van der Waals surface area (Å²) in [5.41, 5.74) is 6.04. The van der Waals surface area contributed by atoms with E-state index in [4.69, 9.17) is 5.73 Å². The van der Waals surface area contributed by atoms with E-state index in [1.165, 1.54) is 43.6 Å². The first-order valence-corrected chi connectivity index (χ1v) is 7.05. The standard InChI is InChI=1S/C12H27NS/c1-4-5-9-14-10-7-6-8-12(2,3)11-13/h4-11,13H2,1-3H3. The summed E-state index contributed by atoms with van der Waals surface area (Å²) in [5, 5.41) is 0. The van der Waals surface area contributed by atoms with Crippen molar-refractivity contribution in [3.63, 3.8) is 0 Å². The Labute approximate surface area is 94.2 Å². The monoisotopic (exact) mass is 217 g/mol. The molecule has 0 spiro atoms. The zero-order chi connectivity index (χ0) is 10.9. The highest BCUT2D eigenvalue weighted by molar-refractivity contribution is 7.99. The van der Waals surface area contributed by atoms with Gasteiger partial charge in [-0.05, 0) is 42.7 Å². The fourth-order valence-corrected chi connectivity index (χ4v) is 2.36. The fraction of sp³-hybridized carbons (Fsp3) is 1.00. The largest absolute Gasteiger partial charge is 0.330 e. The summed E-state index contributed by atoms with van der Waals surface area (Å²) in [6.07, 6.45) is 6.67. The maximum atomic E-state index is 5.68. The lowest BCUT2D eigenvalue weighted by Crippen LogP contribution is -2.23. The average Bonchev–Trinajstić information content (AvgIpc) is 2.16. The molecule has 0 atom stereocenters. The van der Waals surface area contributed by atoms with Crippen molar-refractivity contribution in [2.24, 2.45) is 11.1 Å². The molecule has 0 rings (SSSR count). The minimum Gasteiger partial charge on any atom is -0.330 e. The van der Waals surface area contributed by atoms with Crippen molar-refractivity contribution in [2.75, 3.05) is 18.1 Å². The minimum atomic E-state index is 0.355. The van der Waals surface area contributed by atoms with Gasteiger partial charge in [-0.2, -0.15) is 11.8 Å². The molecule has 0 aromatic carbocycles. The Morgan fingerprint density at radius 2 is 1.71 bits per heavy atom. The van der Waals surface area contributed by atoms with Crippen LogP contribution in [0.1, 0.15) is 52.9 Å². The minimum absolute atomic E-state index is 0.355. The van der Waals surface area contributed by atoms with E-state index >= 15 is 0 Å². The van der Waals surface area contributed by atoms with Crippen molar-refractivity contribution < 1.29 is 0 Å². The second-order valence-electron chi connectivity index (χ2n) is 4.79. The van der Waals surface area contributed by atoms with Gasteiger partial charge in [-0.3, -0.25) is 0 Å². The van der Waals surface area contributed by atoms with E-state index in [2.05, 4.69) is 32.5 Å². The Balaban J connectivity index is 3.13. The zero-order valence-corrected chi connectivity index (χ0v) is 11.0. The molecule has 2 heteroatoms. The Bertz CT molecular complexity index is 123. The van der Waals surface area contributed by atoms with Gasteiger partial charge in [-0.15, -0.1) is 0 Å². The van der Waals surface area contributed by atoms with Crippen LogP contribution in [0.4, 0.5) is 0 Å². The first-order valence-electron chi connectivity index (χ1n) is 5.90. The highest BCUT2D eigenvalue weighted by atomic mass is 32.2. The van der Waals surface area contributed by atoms with Gasteiger partial charge in [0.25, 0.3) is 0 Å². The predicted molar refractivity (Wildman–Crippen MR) is 68.9 cm³/mol. The van der Waals surface area contributed by atoms with Crippen molar-refractivity contribution in [1.82, 2.24) is 0 Å². The van der Waals surface area contributed by atoms with Crippen molar-refractivity contribution in [1.29, 1.82) is 0 Å². The van der Waals surface area contributed by atoms with E-state index in [9.17, 15) is 0 Å². The lowest BCUT2D eigenvalue weighted by Gasteiger charge is -2.21. The third kappa shape index (κ3) is 8.89. The SMILES string of the molecule is CCCCSCCCCC(C)(C)CN. The quantitative estimate of drug-likeness (QED) is 0.596. The predicted octanol–water partition coefficient (Wildman–Crippen LogP) is 3.67. The maximum Gasteiger partial charge on any atom is -0.00258 e. The van der Waals surface area contributed by atoms with E-state index < -0.39 is 0 Å². The molecule has 0 heterocycles. The topological polar surface area (TPSA) is 26.0 Å². The van der Waals surface area contributed by atoms with E-state index in [1.54, 1.807) is 0 Å². The maximum absolute atomic E-state index is 5.68. The zero-order valence-electron chi connectivity index (χ0n) is 10.1. The van der Waals surface area contributed by atoms with Gasteiger partial charge in [0.15, 0.2) is 0 Å². The van der Waals surface area contributed by atoms with E-state index in [1.807, 2.05) is 0 Å². The van der Waals surface area contributed by atoms with Crippen LogP contribution in [0.25, 0.3) is 0 Å². The van der Waals surface area contributed by atoms with Gasteiger partial charge in [-0.1, -0.05) is 33.6 Å². The number of nitrogens with two attached hydrogens (primary N) is 1. The second-order valence-corrected chi connectivity index (χ2v) is 6.02. The van der Waals surface area contributed by atoms with Crippen molar-refractivity contribution in [3.05, 3.63) is 0 Å². The van der Waals surface area contributed by atoms with E-state index in [-0.39, 0.29) is 0 Å². The van der Waals surface area contributed by atoms with Crippen molar-refractivity contribution >= 4 is 11.8 Å². The van der Waals surface area contributed by atoms with Crippen molar-refractivity contribution in [3.8, 4) is 0 Å². The number of unbranched alkanes of at least 4 members (excludes halogenated alkanes) is 2. The van der Waals surface area contributed by atoms with E-state index in [0.717, 1.165) is 6.54 Å². The first kappa shape index (κ1) is 14.3. The van der Waals surface area contributed by atoms with Crippen LogP contribution < -0.4 is 5.73 Å². The average molecular weight is 217 g/mol. The molecule has 0 bridgehead atoms. The lowest BCUT2D eigenvalue weighted by molar-refractivity contribution is 0.336. The normalized spacial score (nSPS) is 12.0. The van der Waals surface area contributed by atoms with Crippen molar-refractivity contribution in [2.45, 2.75) is 52.9 Å². The molecule has 0 radical (unpaired) electrons. The summed E-state index contributed by atoms with van der Waals surface area (Å²) in [7, 11) is 0. The van der Waals surface area contributed by atoms with Gasteiger partial charge >= 0.3 is 0 Å². The smallest absolute Gasteiger partial charge is 0.00258 e. The fourth-order valence-electron chi connectivity index (χ4n) is 1.26. The summed E-state index contributed by atoms with van der Waals surface area (Å²) >= 11 is 2.10. The van der Waals surface area contributed by atoms with Gasteiger partial charge in [0.2, 0.25) is 0 Å². The lowest BCUT2D eigenvalue weighted by atomic mass is 9.88. The Kier molecular flexibility index (Phi) is 8.80. The number of hydrogen-bond acceptors (Lipinski definition) is 2. The molecular weight excluding hydrogens is 190 g/mol. The van der Waals surface area contributed by atoms with Gasteiger partial charge in [0, 0.05) is 0 Å². The van der Waals surface area contributed by atoms with Crippen LogP contribution in [0.5, 0.6) is 0 Å². The molecule has 0 fully saturated rings. The molecule has 0 amide bonds. The summed E-state index contributed by atoms with van der Waals surface area (Å²) in [5.74, 6) is 2.68. The summed E-state index contributed by atoms with van der Waals surface area (Å²) in [6, 6.07) is 0. The van der Waals surface area contributed by atoms with Crippen LogP contribution in [-0.4, -0.2) is 18.1 Å². The molecule has 0 unspecified atom stereocenters. The third-order valence-electron chi connectivity index (χ3n) is 2.59. The Hall–Kier alpha value is 0.310. The molecule has 0 saturated heterocycles. The van der Waals surface area contributed by atoms with Gasteiger partial charge < -0.3 is 5.73 Å². The molecule has 0 saturated carbocycles. The van der Waals surface area contributed by atoms with E-state index in [0.29, 0.717) is 5.41 Å². The molecule has 0 aliphatic heterocycles. The van der Waals surface area contributed by atoms with Crippen LogP contribution in [0.3, 0.4) is 0 Å². The molecule has 2 N–H and O–H groups in total. The van der Waals surface area contributed by atoms with Crippen LogP contribution >= 0.6 is 11.8 Å². The molecule has 14 heavy (non-hydrogen) atoms. The first-order chi connectivity index (χ1) is 6.62.